The average Bonchev–Trinajstić information content (AvgIpc) is 3.11. The van der Waals surface area contributed by atoms with E-state index in [4.69, 9.17) is 0 Å². The highest BCUT2D eigenvalue weighted by Gasteiger charge is 2.55. The van der Waals surface area contributed by atoms with Gasteiger partial charge in [-0.3, -0.25) is 19.5 Å². The molecule has 7 nitrogen and oxygen atoms in total. The number of likely N-dealkylation sites (tertiary alicyclic amines) is 1. The largest absolute Gasteiger partial charge is 0.396 e. The second kappa shape index (κ2) is 9.88. The van der Waals surface area contributed by atoms with Crippen LogP contribution in [0.15, 0.2) is 71.8 Å². The van der Waals surface area contributed by atoms with Crippen LogP contribution in [0.2, 0.25) is 0 Å². The number of hydrogen-bond donors (Lipinski definition) is 1. The number of aliphatic hydroxyl groups is 1. The number of carbonyl (C=O) groups excluding carboxylic acids is 1. The Hall–Kier alpha value is -3.29. The third-order valence-electron chi connectivity index (χ3n) is 8.92. The molecule has 2 saturated heterocycles. The SMILES string of the molecule is CN1[C@@H]2Cn3c(ccc(-c4ccncc4)c3=O)[C@H]1[C@@H](C(=O)N1CCC(Cc3ccccc3)CC1)[C@@H]2CO. The Morgan fingerprint density at radius 3 is 2.46 bits per heavy atom. The van der Waals surface area contributed by atoms with Crippen LogP contribution in [-0.4, -0.2) is 63.2 Å². The number of rotatable bonds is 5. The molecule has 2 bridgehead atoms. The molecule has 1 N–H and O–H groups in total. The van der Waals surface area contributed by atoms with Gasteiger partial charge in [0.15, 0.2) is 0 Å². The summed E-state index contributed by atoms with van der Waals surface area (Å²) in [6.45, 7) is 1.92. The van der Waals surface area contributed by atoms with Crippen LogP contribution in [0.5, 0.6) is 0 Å². The molecule has 0 saturated carbocycles. The maximum absolute atomic E-state index is 14.0. The lowest BCUT2D eigenvalue weighted by Gasteiger charge is -2.37. The number of aromatic nitrogens is 2. The number of likely N-dealkylation sites (N-methyl/N-ethyl adjacent to an activating group) is 1. The van der Waals surface area contributed by atoms with Crippen molar-refractivity contribution in [3.05, 3.63) is 88.6 Å². The Balaban J connectivity index is 1.25. The van der Waals surface area contributed by atoms with E-state index in [0.29, 0.717) is 18.0 Å². The molecule has 5 heterocycles. The lowest BCUT2D eigenvalue weighted by molar-refractivity contribution is -0.139. The fourth-order valence-electron chi connectivity index (χ4n) is 6.94. The van der Waals surface area contributed by atoms with Crippen molar-refractivity contribution in [3.8, 4) is 11.1 Å². The quantitative estimate of drug-likeness (QED) is 0.585. The molecule has 37 heavy (non-hydrogen) atoms. The number of benzene rings is 1. The van der Waals surface area contributed by atoms with E-state index in [1.165, 1.54) is 5.56 Å². The number of aliphatic hydroxyl groups excluding tert-OH is 1. The summed E-state index contributed by atoms with van der Waals surface area (Å²) in [7, 11) is 2.03. The van der Waals surface area contributed by atoms with Gasteiger partial charge in [-0.15, -0.1) is 0 Å². The maximum atomic E-state index is 14.0. The van der Waals surface area contributed by atoms with Gasteiger partial charge in [0, 0.05) is 61.9 Å². The van der Waals surface area contributed by atoms with Crippen molar-refractivity contribution in [1.29, 1.82) is 0 Å². The molecular weight excluding hydrogens is 464 g/mol. The highest BCUT2D eigenvalue weighted by atomic mass is 16.3. The lowest BCUT2D eigenvalue weighted by atomic mass is 9.84. The molecular formula is C30H34N4O3. The number of carbonyl (C=O) groups is 1. The molecule has 2 fully saturated rings. The van der Waals surface area contributed by atoms with Crippen molar-refractivity contribution in [2.75, 3.05) is 26.7 Å². The minimum absolute atomic E-state index is 0.0432. The number of fused-ring (bicyclic) bond motifs is 4. The molecule has 6 rings (SSSR count). The van der Waals surface area contributed by atoms with E-state index in [1.54, 1.807) is 12.4 Å². The van der Waals surface area contributed by atoms with Gasteiger partial charge in [0.1, 0.15) is 0 Å². The summed E-state index contributed by atoms with van der Waals surface area (Å²) in [4.78, 5) is 35.9. The van der Waals surface area contributed by atoms with E-state index >= 15 is 0 Å². The summed E-state index contributed by atoms with van der Waals surface area (Å²) in [5.74, 6) is 0.144. The smallest absolute Gasteiger partial charge is 0.258 e. The van der Waals surface area contributed by atoms with E-state index in [9.17, 15) is 14.7 Å². The van der Waals surface area contributed by atoms with Gasteiger partial charge in [-0.2, -0.15) is 0 Å². The minimum atomic E-state index is -0.356. The number of piperidine rings is 1. The van der Waals surface area contributed by atoms with Crippen molar-refractivity contribution in [1.82, 2.24) is 19.4 Å². The number of nitrogens with zero attached hydrogens (tertiary/aromatic N) is 4. The van der Waals surface area contributed by atoms with Crippen LogP contribution in [-0.2, 0) is 17.8 Å². The van der Waals surface area contributed by atoms with Crippen LogP contribution >= 0.6 is 0 Å². The van der Waals surface area contributed by atoms with Crippen molar-refractivity contribution < 1.29 is 9.90 Å². The summed E-state index contributed by atoms with van der Waals surface area (Å²) < 4.78 is 1.84. The summed E-state index contributed by atoms with van der Waals surface area (Å²) in [6, 6.07) is 17.9. The average molecular weight is 499 g/mol. The molecule has 7 heteroatoms. The Kier molecular flexibility index (Phi) is 6.42. The standard InChI is InChI=1S/C30H34N4O3/c1-32-26-18-34-25(8-7-23(29(34)36)22-9-13-31-14-10-22)28(32)27(24(26)19-35)30(37)33-15-11-21(12-16-33)17-20-5-3-2-4-6-20/h2-10,13-14,21,24,26-28,35H,11-12,15-19H2,1H3/t24-,26-,27+,28+/m1/s1. The maximum Gasteiger partial charge on any atom is 0.258 e. The molecule has 0 aliphatic carbocycles. The highest BCUT2D eigenvalue weighted by Crippen LogP contribution is 2.48. The van der Waals surface area contributed by atoms with Crippen LogP contribution in [0, 0.1) is 17.8 Å². The Labute approximate surface area is 217 Å². The first kappa shape index (κ1) is 24.1. The topological polar surface area (TPSA) is 78.7 Å². The monoisotopic (exact) mass is 498 g/mol. The van der Waals surface area contributed by atoms with Crippen molar-refractivity contribution in [2.45, 2.75) is 37.9 Å². The van der Waals surface area contributed by atoms with Crippen molar-refractivity contribution in [2.24, 2.45) is 17.8 Å². The molecule has 4 atom stereocenters. The molecule has 1 aromatic carbocycles. The van der Waals surface area contributed by atoms with Gasteiger partial charge in [0.2, 0.25) is 5.91 Å². The van der Waals surface area contributed by atoms with E-state index in [1.807, 2.05) is 46.8 Å². The fraction of sp³-hybridized carbons (Fsp3) is 0.433. The number of amides is 1. The zero-order valence-electron chi connectivity index (χ0n) is 21.2. The first-order valence-corrected chi connectivity index (χ1v) is 13.4. The normalized spacial score (nSPS) is 25.7. The fourth-order valence-corrected chi connectivity index (χ4v) is 6.94. The van der Waals surface area contributed by atoms with Crippen molar-refractivity contribution >= 4 is 5.91 Å². The zero-order chi connectivity index (χ0) is 25.5. The van der Waals surface area contributed by atoms with Crippen molar-refractivity contribution in [3.63, 3.8) is 0 Å². The van der Waals surface area contributed by atoms with Crippen LogP contribution in [0.1, 0.15) is 30.1 Å². The third kappa shape index (κ3) is 4.20. The Morgan fingerprint density at radius 2 is 1.76 bits per heavy atom. The van der Waals surface area contributed by atoms with Gasteiger partial charge in [-0.05, 0) is 67.6 Å². The molecule has 3 aromatic rings. The van der Waals surface area contributed by atoms with Crippen LogP contribution in [0.3, 0.4) is 0 Å². The van der Waals surface area contributed by atoms with Crippen LogP contribution < -0.4 is 5.56 Å². The van der Waals surface area contributed by atoms with E-state index in [0.717, 1.165) is 43.6 Å². The molecule has 1 amide bonds. The first-order valence-electron chi connectivity index (χ1n) is 13.4. The molecule has 0 unspecified atom stereocenters. The Bertz CT molecular complexity index is 1320. The van der Waals surface area contributed by atoms with Gasteiger partial charge in [-0.1, -0.05) is 30.3 Å². The highest BCUT2D eigenvalue weighted by molar-refractivity contribution is 5.81. The second-order valence-electron chi connectivity index (χ2n) is 10.8. The van der Waals surface area contributed by atoms with Gasteiger partial charge in [0.05, 0.1) is 12.0 Å². The van der Waals surface area contributed by atoms with E-state index < -0.39 is 0 Å². The van der Waals surface area contributed by atoms with Gasteiger partial charge in [0.25, 0.3) is 5.56 Å². The molecule has 192 valence electrons. The molecule has 3 aliphatic rings. The van der Waals surface area contributed by atoms with Gasteiger partial charge in [-0.25, -0.2) is 0 Å². The molecule has 0 radical (unpaired) electrons. The third-order valence-corrected chi connectivity index (χ3v) is 8.92. The Morgan fingerprint density at radius 1 is 1.03 bits per heavy atom. The van der Waals surface area contributed by atoms with Crippen LogP contribution in [0.25, 0.3) is 11.1 Å². The van der Waals surface area contributed by atoms with Gasteiger partial charge < -0.3 is 14.6 Å². The molecule has 2 aromatic heterocycles. The molecule has 3 aliphatic heterocycles. The van der Waals surface area contributed by atoms with Crippen LogP contribution in [0.4, 0.5) is 0 Å². The summed E-state index contributed by atoms with van der Waals surface area (Å²) in [5.41, 5.74) is 3.66. The summed E-state index contributed by atoms with van der Waals surface area (Å²) >= 11 is 0. The summed E-state index contributed by atoms with van der Waals surface area (Å²) in [5, 5.41) is 10.4. The number of pyridine rings is 2. The number of hydrogen-bond acceptors (Lipinski definition) is 5. The second-order valence-corrected chi connectivity index (χ2v) is 10.8. The van der Waals surface area contributed by atoms with Gasteiger partial charge >= 0.3 is 0 Å². The summed E-state index contributed by atoms with van der Waals surface area (Å²) in [6.07, 6.45) is 6.42. The zero-order valence-corrected chi connectivity index (χ0v) is 21.2. The molecule has 0 spiro atoms. The van der Waals surface area contributed by atoms with E-state index in [-0.39, 0.29) is 42.0 Å². The predicted molar refractivity (Wildman–Crippen MR) is 142 cm³/mol. The lowest BCUT2D eigenvalue weighted by Crippen LogP contribution is -2.45. The van der Waals surface area contributed by atoms with E-state index in [2.05, 4.69) is 34.1 Å². The predicted octanol–water partition coefficient (Wildman–Crippen LogP) is 2.99. The minimum Gasteiger partial charge on any atom is -0.396 e. The first-order chi connectivity index (χ1) is 18.1.